The normalized spacial score (nSPS) is 21.2. The van der Waals surface area contributed by atoms with E-state index in [2.05, 4.69) is 4.89 Å². The molecule has 0 bridgehead atoms. The van der Waals surface area contributed by atoms with Gasteiger partial charge in [0.1, 0.15) is 17.8 Å². The van der Waals surface area contributed by atoms with Crippen molar-refractivity contribution in [3.05, 3.63) is 53.1 Å². The predicted molar refractivity (Wildman–Crippen MR) is 184 cm³/mol. The van der Waals surface area contributed by atoms with Crippen molar-refractivity contribution in [3.63, 3.8) is 0 Å². The lowest BCUT2D eigenvalue weighted by Gasteiger charge is -2.44. The number of hydrogen-bond donors (Lipinski definition) is 13. The highest BCUT2D eigenvalue weighted by Crippen LogP contribution is 2.57. The van der Waals surface area contributed by atoms with Crippen LogP contribution in [0, 0.1) is 5.92 Å². The molecule has 0 amide bonds. The lowest BCUT2D eigenvalue weighted by Crippen LogP contribution is -2.61. The molecular formula is C36H30O23. The van der Waals surface area contributed by atoms with Crippen LogP contribution in [0.1, 0.15) is 45.7 Å². The van der Waals surface area contributed by atoms with Crippen LogP contribution in [0.4, 0.5) is 0 Å². The molecule has 4 aromatic rings. The summed E-state index contributed by atoms with van der Waals surface area (Å²) in [7, 11) is 0. The Bertz CT molecular complexity index is 2360. The minimum Gasteiger partial charge on any atom is -0.504 e. The smallest absolute Gasteiger partial charge is 0.339 e. The standard InChI is InChI=1S/C36H30O23/c1-9(37)54-36-32(58-34(51)11-4-15(40)26(45)16(41)5-11)31(57-33(50)10-2-13(38)25(44)14(39)3-10)24-21(56-36)8-19(59-53)12-6-17(42)27(46)29(48)22(12)23-20(55-35(24)52)7-18(43)28(47)30(23)49/h2-7,19,21,24,31-32,36,38-49,53H,8H2,1H3. The van der Waals surface area contributed by atoms with Crippen LogP contribution < -0.4 is 4.74 Å². The summed E-state index contributed by atoms with van der Waals surface area (Å²) >= 11 is 0. The third kappa shape index (κ3) is 7.34. The van der Waals surface area contributed by atoms with Crippen LogP contribution in [0.25, 0.3) is 11.1 Å². The van der Waals surface area contributed by atoms with Gasteiger partial charge in [-0.1, -0.05) is 0 Å². The van der Waals surface area contributed by atoms with Crippen LogP contribution in [-0.4, -0.2) is 115 Å². The van der Waals surface area contributed by atoms with Gasteiger partial charge in [0.15, 0.2) is 63.6 Å². The van der Waals surface area contributed by atoms with Crippen LogP contribution in [0.3, 0.4) is 0 Å². The highest BCUT2D eigenvalue weighted by Gasteiger charge is 2.57. The number of aromatic hydroxyl groups is 12. The van der Waals surface area contributed by atoms with E-state index in [9.17, 15) is 85.7 Å². The van der Waals surface area contributed by atoms with Gasteiger partial charge in [-0.05, 0) is 35.9 Å². The summed E-state index contributed by atoms with van der Waals surface area (Å²) in [6.45, 7) is 0.841. The number of carbonyl (C=O) groups is 4. The molecule has 0 aromatic heterocycles. The number of phenols is 12. The second kappa shape index (κ2) is 15.3. The van der Waals surface area contributed by atoms with Crippen molar-refractivity contribution < 1.29 is 114 Å². The molecule has 13 N–H and O–H groups in total. The van der Waals surface area contributed by atoms with Crippen LogP contribution >= 0.6 is 0 Å². The molecule has 0 saturated carbocycles. The molecular weight excluding hydrogens is 800 g/mol. The van der Waals surface area contributed by atoms with E-state index in [1.54, 1.807) is 0 Å². The van der Waals surface area contributed by atoms with E-state index >= 15 is 0 Å². The van der Waals surface area contributed by atoms with E-state index in [-0.39, 0.29) is 0 Å². The first-order valence-corrected chi connectivity index (χ1v) is 16.6. The molecule has 2 aliphatic rings. The highest BCUT2D eigenvalue weighted by molar-refractivity contribution is 5.94. The average Bonchev–Trinajstić information content (AvgIpc) is 3.17. The molecule has 4 aromatic carbocycles. The first kappa shape index (κ1) is 40.9. The summed E-state index contributed by atoms with van der Waals surface area (Å²) in [5, 5.41) is 134. The van der Waals surface area contributed by atoms with Gasteiger partial charge in [0.05, 0.1) is 22.8 Å². The first-order chi connectivity index (χ1) is 27.7. The van der Waals surface area contributed by atoms with Crippen molar-refractivity contribution in [3.8, 4) is 85.9 Å². The molecule has 6 rings (SSSR count). The Morgan fingerprint density at radius 2 is 1.05 bits per heavy atom. The lowest BCUT2D eigenvalue weighted by atomic mass is 9.82. The molecule has 2 heterocycles. The molecule has 0 aliphatic carbocycles. The largest absolute Gasteiger partial charge is 0.504 e. The first-order valence-electron chi connectivity index (χ1n) is 16.6. The molecule has 1 fully saturated rings. The number of hydrogen-bond acceptors (Lipinski definition) is 23. The van der Waals surface area contributed by atoms with Crippen LogP contribution in [-0.2, 0) is 33.4 Å². The Morgan fingerprint density at radius 3 is 1.54 bits per heavy atom. The van der Waals surface area contributed by atoms with Crippen molar-refractivity contribution in [2.45, 2.75) is 44.1 Å². The fraction of sp³-hybridized carbons (Fsp3) is 0.222. The number of fused-ring (bicyclic) bond motifs is 4. The predicted octanol–water partition coefficient (Wildman–Crippen LogP) is 2.02. The van der Waals surface area contributed by atoms with Gasteiger partial charge in [-0.3, -0.25) is 14.8 Å². The van der Waals surface area contributed by atoms with Gasteiger partial charge in [0.2, 0.25) is 23.9 Å². The zero-order chi connectivity index (χ0) is 43.4. The van der Waals surface area contributed by atoms with Gasteiger partial charge < -0.3 is 85.0 Å². The van der Waals surface area contributed by atoms with E-state index < -0.39 is 169 Å². The van der Waals surface area contributed by atoms with E-state index in [0.717, 1.165) is 6.92 Å². The van der Waals surface area contributed by atoms with E-state index in [0.29, 0.717) is 36.4 Å². The third-order valence-electron chi connectivity index (χ3n) is 9.19. The fourth-order valence-corrected chi connectivity index (χ4v) is 6.48. The Kier molecular flexibility index (Phi) is 10.6. The minimum absolute atomic E-state index is 0.524. The minimum atomic E-state index is -2.35. The molecule has 312 valence electrons. The molecule has 23 heteroatoms. The quantitative estimate of drug-likeness (QED) is 0.0330. The van der Waals surface area contributed by atoms with E-state index in [1.807, 2.05) is 0 Å². The van der Waals surface area contributed by atoms with Crippen molar-refractivity contribution >= 4 is 23.9 Å². The molecule has 6 atom stereocenters. The fourth-order valence-electron chi connectivity index (χ4n) is 6.48. The average molecular weight is 831 g/mol. The Hall–Kier alpha value is -7.76. The van der Waals surface area contributed by atoms with Gasteiger partial charge in [-0.25, -0.2) is 14.5 Å². The van der Waals surface area contributed by atoms with Crippen LogP contribution in [0.2, 0.25) is 0 Å². The van der Waals surface area contributed by atoms with Gasteiger partial charge in [-0.15, -0.1) is 0 Å². The molecule has 1 saturated heterocycles. The number of carbonyl (C=O) groups excluding carboxylic acids is 4. The number of benzene rings is 4. The van der Waals surface area contributed by atoms with Crippen LogP contribution in [0.15, 0.2) is 36.4 Å². The summed E-state index contributed by atoms with van der Waals surface area (Å²) < 4.78 is 27.8. The summed E-state index contributed by atoms with van der Waals surface area (Å²) in [5.41, 5.74) is -3.66. The second-order valence-electron chi connectivity index (χ2n) is 12.9. The topological polar surface area (TPSA) is 387 Å². The summed E-state index contributed by atoms with van der Waals surface area (Å²) in [6, 6.07) is 3.64. The maximum atomic E-state index is 14.5. The van der Waals surface area contributed by atoms with Gasteiger partial charge in [0.25, 0.3) is 0 Å². The molecule has 59 heavy (non-hydrogen) atoms. The Morgan fingerprint density at radius 1 is 0.593 bits per heavy atom. The zero-order valence-electron chi connectivity index (χ0n) is 29.5. The summed E-state index contributed by atoms with van der Waals surface area (Å²) in [4.78, 5) is 58.9. The zero-order valence-corrected chi connectivity index (χ0v) is 29.5. The molecule has 0 radical (unpaired) electrons. The Balaban J connectivity index is 1.58. The van der Waals surface area contributed by atoms with Crippen molar-refractivity contribution in [2.75, 3.05) is 0 Å². The number of esters is 4. The van der Waals surface area contributed by atoms with Crippen molar-refractivity contribution in [1.82, 2.24) is 0 Å². The van der Waals surface area contributed by atoms with Crippen LogP contribution in [0.5, 0.6) is 74.7 Å². The highest BCUT2D eigenvalue weighted by atomic mass is 17.1. The van der Waals surface area contributed by atoms with Gasteiger partial charge in [-0.2, -0.15) is 0 Å². The maximum Gasteiger partial charge on any atom is 0.339 e. The summed E-state index contributed by atoms with van der Waals surface area (Å²) in [5.74, 6) is -22.6. The van der Waals surface area contributed by atoms with Crippen molar-refractivity contribution in [1.29, 1.82) is 0 Å². The van der Waals surface area contributed by atoms with E-state index in [4.69, 9.17) is 23.7 Å². The molecule has 6 unspecified atom stereocenters. The van der Waals surface area contributed by atoms with Gasteiger partial charge >= 0.3 is 23.9 Å². The SMILES string of the molecule is CC(=O)OC1OC2CC(OO)c3cc(O)c(O)c(O)c3-c3c(cc(O)c(O)c3O)OC(=O)C2C(OC(=O)c2cc(O)c(O)c(O)c2)C1OC(=O)c1cc(O)c(O)c(O)c1. The monoisotopic (exact) mass is 830 g/mol. The van der Waals surface area contributed by atoms with Gasteiger partial charge in [0, 0.05) is 25.0 Å². The molecule has 23 nitrogen and oxygen atoms in total. The molecule has 0 spiro atoms. The number of ether oxygens (including phenoxy) is 5. The lowest BCUT2D eigenvalue weighted by molar-refractivity contribution is -0.307. The van der Waals surface area contributed by atoms with Crippen molar-refractivity contribution in [2.24, 2.45) is 5.92 Å². The maximum absolute atomic E-state index is 14.5. The third-order valence-corrected chi connectivity index (χ3v) is 9.19. The molecule has 2 aliphatic heterocycles. The number of rotatable bonds is 6. The summed E-state index contributed by atoms with van der Waals surface area (Å²) in [6.07, 6.45) is -11.7. The Labute approximate surface area is 327 Å². The second-order valence-corrected chi connectivity index (χ2v) is 12.9. The van der Waals surface area contributed by atoms with E-state index in [1.165, 1.54) is 0 Å². The number of phenolic OH excluding ortho intramolecular Hbond substituents is 12.